The maximum absolute atomic E-state index is 12.4. The smallest absolute Gasteiger partial charge is 0.244 e. The molecule has 21 heavy (non-hydrogen) atoms. The van der Waals surface area contributed by atoms with E-state index in [1.165, 1.54) is 7.11 Å². The van der Waals surface area contributed by atoms with Crippen LogP contribution in [-0.4, -0.2) is 28.6 Å². The summed E-state index contributed by atoms with van der Waals surface area (Å²) in [5.74, 6) is 0.669. The van der Waals surface area contributed by atoms with E-state index in [0.29, 0.717) is 24.8 Å². The fourth-order valence-corrected chi connectivity index (χ4v) is 3.17. The second-order valence-corrected chi connectivity index (χ2v) is 6.87. The molecule has 120 valence electrons. The fourth-order valence-electron chi connectivity index (χ4n) is 1.78. The van der Waals surface area contributed by atoms with Gasteiger partial charge in [-0.2, -0.15) is 0 Å². The average molecular weight is 314 g/mol. The number of benzene rings is 1. The van der Waals surface area contributed by atoms with Gasteiger partial charge in [-0.25, -0.2) is 13.1 Å². The maximum Gasteiger partial charge on any atom is 0.244 e. The van der Waals surface area contributed by atoms with Gasteiger partial charge in [0, 0.05) is 13.1 Å². The molecule has 1 aromatic carbocycles. The van der Waals surface area contributed by atoms with Crippen LogP contribution in [0.3, 0.4) is 0 Å². The Bertz CT molecular complexity index is 544. The number of hydrogen-bond donors (Lipinski definition) is 2. The topological polar surface area (TPSA) is 67.4 Å². The Morgan fingerprint density at radius 2 is 2.00 bits per heavy atom. The highest BCUT2D eigenvalue weighted by molar-refractivity contribution is 7.89. The number of rotatable bonds is 9. The molecule has 0 aliphatic carbocycles. The Kier molecular flexibility index (Phi) is 7.14. The third-order valence-electron chi connectivity index (χ3n) is 3.42. The molecule has 1 unspecified atom stereocenters. The summed E-state index contributed by atoms with van der Waals surface area (Å²) in [6.45, 7) is 7.96. The standard InChI is InChI=1S/C15H26N2O3S/c1-5-12(3)10-17-21(18,19)15-9-13(11-16-6-2)7-8-14(15)20-4/h7-9,12,16-17H,5-6,10-11H2,1-4H3. The molecule has 0 saturated heterocycles. The number of sulfonamides is 1. The van der Waals surface area contributed by atoms with E-state index in [2.05, 4.69) is 10.0 Å². The van der Waals surface area contributed by atoms with Crippen LogP contribution in [-0.2, 0) is 16.6 Å². The summed E-state index contributed by atoms with van der Waals surface area (Å²) in [5.41, 5.74) is 0.918. The van der Waals surface area contributed by atoms with Crippen molar-refractivity contribution in [2.45, 2.75) is 38.6 Å². The minimum absolute atomic E-state index is 0.198. The summed E-state index contributed by atoms with van der Waals surface area (Å²) in [4.78, 5) is 0.198. The highest BCUT2D eigenvalue weighted by Crippen LogP contribution is 2.25. The summed E-state index contributed by atoms with van der Waals surface area (Å²) < 4.78 is 32.7. The molecule has 0 amide bonds. The van der Waals surface area contributed by atoms with E-state index >= 15 is 0 Å². The van der Waals surface area contributed by atoms with Gasteiger partial charge in [0.25, 0.3) is 0 Å². The van der Waals surface area contributed by atoms with Gasteiger partial charge in [0.1, 0.15) is 10.6 Å². The van der Waals surface area contributed by atoms with Crippen molar-refractivity contribution in [2.75, 3.05) is 20.2 Å². The van der Waals surface area contributed by atoms with E-state index in [1.54, 1.807) is 12.1 Å². The van der Waals surface area contributed by atoms with Crippen molar-refractivity contribution in [3.8, 4) is 5.75 Å². The molecule has 1 atom stereocenters. The second-order valence-electron chi connectivity index (χ2n) is 5.13. The summed E-state index contributed by atoms with van der Waals surface area (Å²) >= 11 is 0. The zero-order chi connectivity index (χ0) is 15.9. The lowest BCUT2D eigenvalue weighted by Gasteiger charge is -2.14. The molecule has 0 radical (unpaired) electrons. The van der Waals surface area contributed by atoms with Gasteiger partial charge in [0.05, 0.1) is 7.11 Å². The fraction of sp³-hybridized carbons (Fsp3) is 0.600. The molecular weight excluding hydrogens is 288 g/mol. The van der Waals surface area contributed by atoms with Crippen LogP contribution < -0.4 is 14.8 Å². The lowest BCUT2D eigenvalue weighted by Crippen LogP contribution is -2.28. The highest BCUT2D eigenvalue weighted by atomic mass is 32.2. The van der Waals surface area contributed by atoms with E-state index < -0.39 is 10.0 Å². The Morgan fingerprint density at radius 1 is 1.29 bits per heavy atom. The van der Waals surface area contributed by atoms with Crippen LogP contribution in [0.4, 0.5) is 0 Å². The number of hydrogen-bond acceptors (Lipinski definition) is 4. The summed E-state index contributed by atoms with van der Waals surface area (Å²) in [5, 5.41) is 3.18. The van der Waals surface area contributed by atoms with Crippen LogP contribution in [0.15, 0.2) is 23.1 Å². The van der Waals surface area contributed by atoms with E-state index in [-0.39, 0.29) is 4.90 Å². The third-order valence-corrected chi connectivity index (χ3v) is 4.86. The van der Waals surface area contributed by atoms with Gasteiger partial charge in [-0.3, -0.25) is 0 Å². The van der Waals surface area contributed by atoms with E-state index in [4.69, 9.17) is 4.74 Å². The summed E-state index contributed by atoms with van der Waals surface area (Å²) in [6, 6.07) is 5.24. The second kappa shape index (κ2) is 8.36. The number of nitrogens with one attached hydrogen (secondary N) is 2. The van der Waals surface area contributed by atoms with Crippen molar-refractivity contribution < 1.29 is 13.2 Å². The van der Waals surface area contributed by atoms with Crippen LogP contribution in [0.25, 0.3) is 0 Å². The van der Waals surface area contributed by atoms with Crippen molar-refractivity contribution >= 4 is 10.0 Å². The molecule has 1 rings (SSSR count). The van der Waals surface area contributed by atoms with Gasteiger partial charge >= 0.3 is 0 Å². The lowest BCUT2D eigenvalue weighted by molar-refractivity contribution is 0.401. The van der Waals surface area contributed by atoms with Crippen molar-refractivity contribution in [1.29, 1.82) is 0 Å². The third kappa shape index (κ3) is 5.30. The van der Waals surface area contributed by atoms with Gasteiger partial charge in [-0.15, -0.1) is 0 Å². The molecule has 0 heterocycles. The zero-order valence-corrected chi connectivity index (χ0v) is 14.1. The van der Waals surface area contributed by atoms with Gasteiger partial charge in [0.15, 0.2) is 0 Å². The van der Waals surface area contributed by atoms with Gasteiger partial charge in [-0.05, 0) is 30.2 Å². The SMILES string of the molecule is CCNCc1ccc(OC)c(S(=O)(=O)NCC(C)CC)c1. The van der Waals surface area contributed by atoms with Crippen LogP contribution >= 0.6 is 0 Å². The molecule has 2 N–H and O–H groups in total. The van der Waals surface area contributed by atoms with Crippen molar-refractivity contribution in [3.63, 3.8) is 0 Å². The van der Waals surface area contributed by atoms with Crippen molar-refractivity contribution in [1.82, 2.24) is 10.0 Å². The molecule has 0 fully saturated rings. The minimum Gasteiger partial charge on any atom is -0.495 e. The molecule has 0 spiro atoms. The van der Waals surface area contributed by atoms with Gasteiger partial charge in [-0.1, -0.05) is 33.3 Å². The predicted molar refractivity (Wildman–Crippen MR) is 85.0 cm³/mol. The van der Waals surface area contributed by atoms with Crippen LogP contribution in [0.5, 0.6) is 5.75 Å². The Morgan fingerprint density at radius 3 is 2.57 bits per heavy atom. The molecule has 5 nitrogen and oxygen atoms in total. The maximum atomic E-state index is 12.4. The molecule has 1 aromatic rings. The highest BCUT2D eigenvalue weighted by Gasteiger charge is 2.20. The van der Waals surface area contributed by atoms with Crippen LogP contribution in [0.1, 0.15) is 32.8 Å². The number of methoxy groups -OCH3 is 1. The van der Waals surface area contributed by atoms with Gasteiger partial charge < -0.3 is 10.1 Å². The normalized spacial score (nSPS) is 13.1. The molecule has 0 aliphatic rings. The first-order chi connectivity index (χ1) is 9.94. The first kappa shape index (κ1) is 17.9. The Labute approximate surface area is 128 Å². The van der Waals surface area contributed by atoms with Crippen LogP contribution in [0, 0.1) is 5.92 Å². The van der Waals surface area contributed by atoms with Crippen molar-refractivity contribution in [3.05, 3.63) is 23.8 Å². The van der Waals surface area contributed by atoms with E-state index in [1.807, 2.05) is 26.8 Å². The first-order valence-electron chi connectivity index (χ1n) is 7.31. The van der Waals surface area contributed by atoms with E-state index in [0.717, 1.165) is 18.5 Å². The summed E-state index contributed by atoms with van der Waals surface area (Å²) in [6.07, 6.45) is 0.931. The Hall–Kier alpha value is -1.11. The molecule has 0 aliphatic heterocycles. The summed E-state index contributed by atoms with van der Waals surface area (Å²) in [7, 11) is -2.08. The average Bonchev–Trinajstić information content (AvgIpc) is 2.50. The Balaban J connectivity index is 3.01. The largest absolute Gasteiger partial charge is 0.495 e. The minimum atomic E-state index is -3.56. The predicted octanol–water partition coefficient (Wildman–Crippen LogP) is 2.13. The molecule has 6 heteroatoms. The molecule has 0 saturated carbocycles. The molecule has 0 bridgehead atoms. The van der Waals surface area contributed by atoms with Gasteiger partial charge in [0.2, 0.25) is 10.0 Å². The lowest BCUT2D eigenvalue weighted by atomic mass is 10.1. The van der Waals surface area contributed by atoms with E-state index in [9.17, 15) is 8.42 Å². The monoisotopic (exact) mass is 314 g/mol. The first-order valence-corrected chi connectivity index (χ1v) is 8.80. The quantitative estimate of drug-likeness (QED) is 0.733. The van der Waals surface area contributed by atoms with Crippen molar-refractivity contribution in [2.24, 2.45) is 5.92 Å². The zero-order valence-electron chi connectivity index (χ0n) is 13.3. The van der Waals surface area contributed by atoms with Crippen LogP contribution in [0.2, 0.25) is 0 Å². The molecule has 0 aromatic heterocycles. The number of ether oxygens (including phenoxy) is 1. The molecular formula is C15H26N2O3S.